The first-order valence-electron chi connectivity index (χ1n) is 10.6. The van der Waals surface area contributed by atoms with Crippen LogP contribution >= 0.6 is 11.8 Å². The van der Waals surface area contributed by atoms with Gasteiger partial charge in [0.15, 0.2) is 0 Å². The molecule has 0 aliphatic carbocycles. The Labute approximate surface area is 183 Å². The van der Waals surface area contributed by atoms with E-state index >= 15 is 0 Å². The smallest absolute Gasteiger partial charge is 0.242 e. The van der Waals surface area contributed by atoms with Gasteiger partial charge in [0.1, 0.15) is 6.54 Å². The second kappa shape index (κ2) is 8.86. The molecule has 4 nitrogen and oxygen atoms in total. The van der Waals surface area contributed by atoms with Crippen molar-refractivity contribution < 1.29 is 9.53 Å². The van der Waals surface area contributed by atoms with Gasteiger partial charge < -0.3 is 14.2 Å². The number of para-hydroxylation sites is 1. The number of benzene rings is 2. The maximum atomic E-state index is 13.0. The first kappa shape index (κ1) is 21.0. The maximum absolute atomic E-state index is 13.0. The third-order valence-corrected chi connectivity index (χ3v) is 6.81. The molecule has 1 amide bonds. The van der Waals surface area contributed by atoms with Crippen molar-refractivity contribution in [2.45, 2.75) is 57.1 Å². The molecule has 0 N–H and O–H groups in total. The minimum atomic E-state index is 0.0859. The summed E-state index contributed by atoms with van der Waals surface area (Å²) in [6.07, 6.45) is 2.32. The third kappa shape index (κ3) is 4.57. The van der Waals surface area contributed by atoms with E-state index in [4.69, 9.17) is 4.74 Å². The van der Waals surface area contributed by atoms with Gasteiger partial charge in [-0.25, -0.2) is 0 Å². The van der Waals surface area contributed by atoms with Gasteiger partial charge >= 0.3 is 0 Å². The molecule has 1 saturated heterocycles. The van der Waals surface area contributed by atoms with Crippen LogP contribution in [0, 0.1) is 13.8 Å². The number of fused-ring (bicyclic) bond motifs is 1. The van der Waals surface area contributed by atoms with Crippen LogP contribution < -0.4 is 0 Å². The standard InChI is InChI=1S/C25H30N2O2S/c1-17-9-10-18(2)21(11-17)16-30-24-14-26(23-8-6-5-7-22(23)24)15-25(28)27-12-19(3)29-20(4)13-27/h5-11,14,19-20H,12-13,15-16H2,1-4H3. The number of morpholine rings is 1. The highest BCUT2D eigenvalue weighted by Gasteiger charge is 2.26. The van der Waals surface area contributed by atoms with E-state index in [-0.39, 0.29) is 18.1 Å². The topological polar surface area (TPSA) is 34.5 Å². The van der Waals surface area contributed by atoms with E-state index in [1.165, 1.54) is 27.0 Å². The zero-order valence-corrected chi connectivity index (χ0v) is 19.0. The average Bonchev–Trinajstić information content (AvgIpc) is 3.05. The van der Waals surface area contributed by atoms with Crippen LogP contribution in [0.1, 0.15) is 30.5 Å². The van der Waals surface area contributed by atoms with Crippen LogP contribution in [0.4, 0.5) is 0 Å². The van der Waals surface area contributed by atoms with Gasteiger partial charge in [-0.05, 0) is 44.9 Å². The fraction of sp³-hybridized carbons (Fsp3) is 0.400. The molecule has 1 aliphatic rings. The number of aromatic nitrogens is 1. The van der Waals surface area contributed by atoms with Crippen LogP contribution in [0.3, 0.4) is 0 Å². The lowest BCUT2D eigenvalue weighted by Gasteiger charge is -2.35. The molecular weight excluding hydrogens is 392 g/mol. The van der Waals surface area contributed by atoms with Gasteiger partial charge in [0.2, 0.25) is 5.91 Å². The van der Waals surface area contributed by atoms with Crippen molar-refractivity contribution in [3.8, 4) is 0 Å². The normalized spacial score (nSPS) is 19.4. The molecule has 0 radical (unpaired) electrons. The van der Waals surface area contributed by atoms with E-state index < -0.39 is 0 Å². The molecule has 5 heteroatoms. The SMILES string of the molecule is Cc1ccc(C)c(CSc2cn(CC(=O)N3CC(C)OC(C)C3)c3ccccc23)c1. The van der Waals surface area contributed by atoms with E-state index in [0.29, 0.717) is 19.6 Å². The third-order valence-electron chi connectivity index (χ3n) is 5.72. The van der Waals surface area contributed by atoms with Crippen LogP contribution in [0.5, 0.6) is 0 Å². The molecule has 30 heavy (non-hydrogen) atoms. The number of ether oxygens (including phenoxy) is 1. The van der Waals surface area contributed by atoms with Crippen molar-refractivity contribution in [2.75, 3.05) is 13.1 Å². The predicted molar refractivity (Wildman–Crippen MR) is 124 cm³/mol. The molecule has 0 saturated carbocycles. The Bertz CT molecular complexity index is 1050. The molecule has 2 unspecified atom stereocenters. The Morgan fingerprint density at radius 1 is 1.10 bits per heavy atom. The van der Waals surface area contributed by atoms with Gasteiger partial charge in [0.25, 0.3) is 0 Å². The van der Waals surface area contributed by atoms with Gasteiger partial charge in [-0.15, -0.1) is 11.8 Å². The maximum Gasteiger partial charge on any atom is 0.242 e. The molecule has 4 rings (SSSR count). The Morgan fingerprint density at radius 2 is 1.83 bits per heavy atom. The van der Waals surface area contributed by atoms with Crippen LogP contribution in [0.25, 0.3) is 10.9 Å². The summed E-state index contributed by atoms with van der Waals surface area (Å²) >= 11 is 1.84. The highest BCUT2D eigenvalue weighted by molar-refractivity contribution is 7.98. The molecule has 1 fully saturated rings. The zero-order chi connectivity index (χ0) is 21.3. The quantitative estimate of drug-likeness (QED) is 0.531. The first-order valence-corrected chi connectivity index (χ1v) is 11.6. The van der Waals surface area contributed by atoms with Crippen LogP contribution in [0.15, 0.2) is 53.6 Å². The molecule has 3 aromatic rings. The Balaban J connectivity index is 1.55. The molecular formula is C25H30N2O2S. The molecule has 2 heterocycles. The highest BCUT2D eigenvalue weighted by Crippen LogP contribution is 2.33. The van der Waals surface area contributed by atoms with E-state index in [1.54, 1.807) is 0 Å². The number of nitrogens with zero attached hydrogens (tertiary/aromatic N) is 2. The Hall–Kier alpha value is -2.24. The predicted octanol–water partition coefficient (Wildman–Crippen LogP) is 5.19. The van der Waals surface area contributed by atoms with Crippen LogP contribution in [-0.2, 0) is 21.8 Å². The fourth-order valence-electron chi connectivity index (χ4n) is 4.20. The summed E-state index contributed by atoms with van der Waals surface area (Å²) in [5.41, 5.74) is 5.09. The lowest BCUT2D eigenvalue weighted by Crippen LogP contribution is -2.49. The summed E-state index contributed by atoms with van der Waals surface area (Å²) in [5.74, 6) is 1.08. The summed E-state index contributed by atoms with van der Waals surface area (Å²) in [7, 11) is 0. The van der Waals surface area contributed by atoms with Gasteiger partial charge in [-0.2, -0.15) is 0 Å². The summed E-state index contributed by atoms with van der Waals surface area (Å²) in [5, 5.41) is 1.21. The second-order valence-corrected chi connectivity index (χ2v) is 9.43. The fourth-order valence-corrected chi connectivity index (χ4v) is 5.35. The number of aryl methyl sites for hydroxylation is 2. The van der Waals surface area contributed by atoms with Gasteiger partial charge in [-0.1, -0.05) is 42.0 Å². The van der Waals surface area contributed by atoms with Crippen molar-refractivity contribution in [3.63, 3.8) is 0 Å². The number of carbonyl (C=O) groups excluding carboxylic acids is 1. The van der Waals surface area contributed by atoms with Crippen LogP contribution in [0.2, 0.25) is 0 Å². The second-order valence-electron chi connectivity index (χ2n) is 8.41. The summed E-state index contributed by atoms with van der Waals surface area (Å²) in [4.78, 5) is 16.2. The minimum absolute atomic E-state index is 0.0859. The van der Waals surface area contributed by atoms with Gasteiger partial charge in [0, 0.05) is 40.8 Å². The summed E-state index contributed by atoms with van der Waals surface area (Å²) < 4.78 is 7.88. The van der Waals surface area contributed by atoms with Crippen LogP contribution in [-0.4, -0.2) is 40.7 Å². The zero-order valence-electron chi connectivity index (χ0n) is 18.2. The number of hydrogen-bond donors (Lipinski definition) is 0. The summed E-state index contributed by atoms with van der Waals surface area (Å²) in [6, 6.07) is 15.0. The molecule has 0 spiro atoms. The number of hydrogen-bond acceptors (Lipinski definition) is 3. The summed E-state index contributed by atoms with van der Waals surface area (Å²) in [6.45, 7) is 10.1. The monoisotopic (exact) mass is 422 g/mol. The average molecular weight is 423 g/mol. The Kier molecular flexibility index (Phi) is 6.21. The first-order chi connectivity index (χ1) is 14.4. The van der Waals surface area contributed by atoms with Crippen molar-refractivity contribution in [2.24, 2.45) is 0 Å². The minimum Gasteiger partial charge on any atom is -0.372 e. The van der Waals surface area contributed by atoms with E-state index in [0.717, 1.165) is 11.3 Å². The van der Waals surface area contributed by atoms with Gasteiger partial charge in [-0.3, -0.25) is 4.79 Å². The van der Waals surface area contributed by atoms with Crippen molar-refractivity contribution in [3.05, 3.63) is 65.4 Å². The number of thioether (sulfide) groups is 1. The molecule has 2 aromatic carbocycles. The molecule has 1 aliphatic heterocycles. The van der Waals surface area contributed by atoms with Crippen molar-refractivity contribution >= 4 is 28.6 Å². The number of rotatable bonds is 5. The van der Waals surface area contributed by atoms with E-state index in [2.05, 4.69) is 61.0 Å². The number of carbonyl (C=O) groups is 1. The van der Waals surface area contributed by atoms with Gasteiger partial charge in [0.05, 0.1) is 12.2 Å². The number of amides is 1. The lowest BCUT2D eigenvalue weighted by molar-refractivity contribution is -0.143. The highest BCUT2D eigenvalue weighted by atomic mass is 32.2. The Morgan fingerprint density at radius 3 is 2.60 bits per heavy atom. The molecule has 2 atom stereocenters. The molecule has 158 valence electrons. The molecule has 1 aromatic heterocycles. The van der Waals surface area contributed by atoms with Crippen molar-refractivity contribution in [1.82, 2.24) is 9.47 Å². The van der Waals surface area contributed by atoms with Crippen molar-refractivity contribution in [1.29, 1.82) is 0 Å². The van der Waals surface area contributed by atoms with E-state index in [1.807, 2.05) is 36.6 Å². The largest absolute Gasteiger partial charge is 0.372 e. The van der Waals surface area contributed by atoms with E-state index in [9.17, 15) is 4.79 Å². The lowest BCUT2D eigenvalue weighted by atomic mass is 10.1. The molecule has 0 bridgehead atoms.